The highest BCUT2D eigenvalue weighted by atomic mass is 16.3. The molecule has 0 spiro atoms. The van der Waals surface area contributed by atoms with Crippen molar-refractivity contribution in [1.29, 1.82) is 0 Å². The summed E-state index contributed by atoms with van der Waals surface area (Å²) in [6.07, 6.45) is 2.11. The summed E-state index contributed by atoms with van der Waals surface area (Å²) in [6, 6.07) is 5.40. The topological polar surface area (TPSA) is 49.3 Å². The van der Waals surface area contributed by atoms with Crippen LogP contribution in [0.2, 0.25) is 0 Å². The summed E-state index contributed by atoms with van der Waals surface area (Å²) in [7, 11) is 0. The number of rotatable bonds is 2. The Bertz CT molecular complexity index is 370. The Morgan fingerprint density at radius 1 is 1.50 bits per heavy atom. The monoisotopic (exact) mass is 191 g/mol. The Hall–Kier alpha value is -1.51. The molecule has 1 fully saturated rings. The van der Waals surface area contributed by atoms with Crippen molar-refractivity contribution in [3.63, 3.8) is 0 Å². The van der Waals surface area contributed by atoms with Gasteiger partial charge in [0, 0.05) is 6.04 Å². The summed E-state index contributed by atoms with van der Waals surface area (Å²) in [5.74, 6) is -0.117. The molecule has 0 radical (unpaired) electrons. The van der Waals surface area contributed by atoms with Crippen LogP contribution >= 0.6 is 0 Å². The van der Waals surface area contributed by atoms with Gasteiger partial charge in [-0.15, -0.1) is 0 Å². The number of hydrogen-bond donors (Lipinski definition) is 2. The molecule has 0 saturated heterocycles. The summed E-state index contributed by atoms with van der Waals surface area (Å²) in [6.45, 7) is 1.88. The van der Waals surface area contributed by atoms with Gasteiger partial charge in [-0.3, -0.25) is 4.79 Å². The third kappa shape index (κ3) is 1.87. The lowest BCUT2D eigenvalue weighted by Crippen LogP contribution is -2.25. The highest BCUT2D eigenvalue weighted by Gasteiger charge is 2.24. The van der Waals surface area contributed by atoms with E-state index in [1.54, 1.807) is 12.1 Å². The van der Waals surface area contributed by atoms with Crippen molar-refractivity contribution in [3.05, 3.63) is 29.3 Å². The molecule has 0 atom stereocenters. The number of hydrogen-bond acceptors (Lipinski definition) is 2. The maximum atomic E-state index is 11.6. The summed E-state index contributed by atoms with van der Waals surface area (Å²) < 4.78 is 0. The van der Waals surface area contributed by atoms with Crippen LogP contribution in [0.25, 0.3) is 0 Å². The maximum Gasteiger partial charge on any atom is 0.255 e. The van der Waals surface area contributed by atoms with Crippen molar-refractivity contribution in [2.45, 2.75) is 25.8 Å². The molecule has 0 unspecified atom stereocenters. The highest BCUT2D eigenvalue weighted by Crippen LogP contribution is 2.22. The van der Waals surface area contributed by atoms with Gasteiger partial charge >= 0.3 is 0 Å². The second-order valence-electron chi connectivity index (χ2n) is 3.77. The molecule has 1 aliphatic carbocycles. The van der Waals surface area contributed by atoms with Crippen LogP contribution in [-0.4, -0.2) is 17.1 Å². The maximum absolute atomic E-state index is 11.6. The first-order valence-electron chi connectivity index (χ1n) is 4.77. The van der Waals surface area contributed by atoms with Crippen molar-refractivity contribution in [2.24, 2.45) is 0 Å². The molecule has 0 bridgehead atoms. The average molecular weight is 191 g/mol. The van der Waals surface area contributed by atoms with Crippen molar-refractivity contribution in [3.8, 4) is 5.75 Å². The van der Waals surface area contributed by atoms with E-state index in [2.05, 4.69) is 5.32 Å². The molecule has 0 aliphatic heterocycles. The summed E-state index contributed by atoms with van der Waals surface area (Å²) >= 11 is 0. The minimum atomic E-state index is -0.176. The Labute approximate surface area is 82.8 Å². The van der Waals surface area contributed by atoms with Crippen LogP contribution in [0.3, 0.4) is 0 Å². The summed E-state index contributed by atoms with van der Waals surface area (Å²) in [4.78, 5) is 11.6. The fourth-order valence-electron chi connectivity index (χ4n) is 1.32. The lowest BCUT2D eigenvalue weighted by Gasteiger charge is -2.05. The number of carbonyl (C=O) groups excluding carboxylic acids is 1. The van der Waals surface area contributed by atoms with Crippen molar-refractivity contribution in [1.82, 2.24) is 5.32 Å². The Morgan fingerprint density at radius 2 is 2.21 bits per heavy atom. The molecule has 14 heavy (non-hydrogen) atoms. The van der Waals surface area contributed by atoms with E-state index < -0.39 is 0 Å². The van der Waals surface area contributed by atoms with E-state index in [4.69, 9.17) is 0 Å². The van der Waals surface area contributed by atoms with E-state index in [-0.39, 0.29) is 11.7 Å². The molecule has 1 aliphatic rings. The van der Waals surface area contributed by atoms with E-state index in [0.29, 0.717) is 11.6 Å². The predicted octanol–water partition coefficient (Wildman–Crippen LogP) is 1.59. The molecule has 1 saturated carbocycles. The minimum absolute atomic E-state index is 0.0585. The van der Waals surface area contributed by atoms with Gasteiger partial charge in [0.2, 0.25) is 0 Å². The largest absolute Gasteiger partial charge is 0.507 e. The first-order chi connectivity index (χ1) is 6.66. The van der Waals surface area contributed by atoms with Crippen LogP contribution in [0.5, 0.6) is 5.75 Å². The smallest absolute Gasteiger partial charge is 0.255 e. The number of carbonyl (C=O) groups is 1. The number of benzene rings is 1. The van der Waals surface area contributed by atoms with Gasteiger partial charge in [0.15, 0.2) is 0 Å². The number of phenolic OH excluding ortho intramolecular Hbond substituents is 1. The zero-order valence-electron chi connectivity index (χ0n) is 8.08. The molecule has 1 aromatic carbocycles. The lowest BCUT2D eigenvalue weighted by atomic mass is 10.1. The van der Waals surface area contributed by atoms with Crippen LogP contribution in [0.4, 0.5) is 0 Å². The second-order valence-corrected chi connectivity index (χ2v) is 3.77. The van der Waals surface area contributed by atoms with Gasteiger partial charge < -0.3 is 10.4 Å². The summed E-state index contributed by atoms with van der Waals surface area (Å²) in [5, 5.41) is 12.4. The zero-order chi connectivity index (χ0) is 10.1. The van der Waals surface area contributed by atoms with E-state index >= 15 is 0 Å². The quantitative estimate of drug-likeness (QED) is 0.745. The van der Waals surface area contributed by atoms with Gasteiger partial charge in [-0.1, -0.05) is 6.07 Å². The highest BCUT2D eigenvalue weighted by molar-refractivity contribution is 5.97. The number of aromatic hydroxyl groups is 1. The van der Waals surface area contributed by atoms with Gasteiger partial charge in [-0.25, -0.2) is 0 Å². The van der Waals surface area contributed by atoms with Gasteiger partial charge in [-0.05, 0) is 37.5 Å². The Kier molecular flexibility index (Phi) is 2.15. The standard InChI is InChI=1S/C11H13NO2/c1-7-2-5-9(10(13)6-7)11(14)12-8-3-4-8/h2,5-6,8,13H,3-4H2,1H3,(H,12,14). The fourth-order valence-corrected chi connectivity index (χ4v) is 1.32. The van der Waals surface area contributed by atoms with E-state index in [9.17, 15) is 9.90 Å². The van der Waals surface area contributed by atoms with Crippen LogP contribution in [0.1, 0.15) is 28.8 Å². The van der Waals surface area contributed by atoms with Gasteiger partial charge in [0.1, 0.15) is 5.75 Å². The average Bonchev–Trinajstić information content (AvgIpc) is 2.87. The molecule has 1 amide bonds. The van der Waals surface area contributed by atoms with Crippen molar-refractivity contribution in [2.75, 3.05) is 0 Å². The third-order valence-corrected chi connectivity index (χ3v) is 2.31. The molecular weight excluding hydrogens is 178 g/mol. The van der Waals surface area contributed by atoms with Gasteiger partial charge in [0.05, 0.1) is 5.56 Å². The normalized spacial score (nSPS) is 15.2. The van der Waals surface area contributed by atoms with Gasteiger partial charge in [0.25, 0.3) is 5.91 Å². The van der Waals surface area contributed by atoms with Gasteiger partial charge in [-0.2, -0.15) is 0 Å². The summed E-state index contributed by atoms with van der Waals surface area (Å²) in [5.41, 5.74) is 1.31. The molecule has 1 aromatic rings. The first kappa shape index (κ1) is 9.06. The minimum Gasteiger partial charge on any atom is -0.507 e. The molecule has 0 heterocycles. The number of nitrogens with one attached hydrogen (secondary N) is 1. The molecule has 0 aromatic heterocycles. The first-order valence-corrected chi connectivity index (χ1v) is 4.77. The number of phenols is 1. The second kappa shape index (κ2) is 3.33. The molecule has 2 rings (SSSR count). The van der Waals surface area contributed by atoms with E-state index in [0.717, 1.165) is 18.4 Å². The van der Waals surface area contributed by atoms with Crippen LogP contribution in [-0.2, 0) is 0 Å². The number of amides is 1. The van der Waals surface area contributed by atoms with E-state index in [1.807, 2.05) is 13.0 Å². The predicted molar refractivity (Wildman–Crippen MR) is 53.3 cm³/mol. The molecule has 3 nitrogen and oxygen atoms in total. The Morgan fingerprint density at radius 3 is 2.79 bits per heavy atom. The SMILES string of the molecule is Cc1ccc(C(=O)NC2CC2)c(O)c1. The van der Waals surface area contributed by atoms with Crippen LogP contribution < -0.4 is 5.32 Å². The lowest BCUT2D eigenvalue weighted by molar-refractivity contribution is 0.0948. The Balaban J connectivity index is 2.17. The fraction of sp³-hybridized carbons (Fsp3) is 0.364. The van der Waals surface area contributed by atoms with E-state index in [1.165, 1.54) is 0 Å². The number of aryl methyl sites for hydroxylation is 1. The molecular formula is C11H13NO2. The van der Waals surface area contributed by atoms with Crippen molar-refractivity contribution >= 4 is 5.91 Å². The third-order valence-electron chi connectivity index (χ3n) is 2.31. The molecule has 74 valence electrons. The van der Waals surface area contributed by atoms with Crippen LogP contribution in [0.15, 0.2) is 18.2 Å². The zero-order valence-corrected chi connectivity index (χ0v) is 8.08. The molecule has 2 N–H and O–H groups in total. The van der Waals surface area contributed by atoms with Crippen LogP contribution in [0, 0.1) is 6.92 Å². The van der Waals surface area contributed by atoms with Crippen molar-refractivity contribution < 1.29 is 9.90 Å². The molecule has 3 heteroatoms.